The Morgan fingerprint density at radius 2 is 1.88 bits per heavy atom. The molecule has 3 heterocycles. The van der Waals surface area contributed by atoms with Gasteiger partial charge in [0.1, 0.15) is 34.5 Å². The number of aliphatic carboxylic acids is 1. The van der Waals surface area contributed by atoms with E-state index in [-0.39, 0.29) is 52.1 Å². The Bertz CT molecular complexity index is 1070. The molecule has 168 valence electrons. The molecule has 1 aromatic carbocycles. The van der Waals surface area contributed by atoms with E-state index >= 15 is 0 Å². The summed E-state index contributed by atoms with van der Waals surface area (Å²) in [5.74, 6) is -1.84. The Kier molecular flexibility index (Phi) is 8.04. The molecule has 2 aliphatic heterocycles. The van der Waals surface area contributed by atoms with E-state index in [4.69, 9.17) is 27.7 Å². The SMILES string of the molecule is Cc1onc(-c2c(Cl)cccc2Cl)c1C(=O)N[C@@H]1C(=O)N2[C@@H]1SC(C)(C)[C@@H]2C(=O)O.O.[NaH]. The first kappa shape index (κ1) is 27.0. The van der Waals surface area contributed by atoms with Gasteiger partial charge in [-0.15, -0.1) is 11.8 Å². The van der Waals surface area contributed by atoms with E-state index in [0.717, 1.165) is 0 Å². The number of nitrogens with one attached hydrogen (secondary N) is 1. The standard InChI is InChI=1S/C19H17Cl2N3O5S.Na.H2O.H/c1-7-10(12(23-29-7)11-8(20)5-4-6-9(11)21)15(25)22-13-16(26)24-14(18(27)28)19(2,3)30-17(13)24;;;/h4-6,13-14,17H,1-3H3,(H,22,25)(H,27,28);;1H2;/t13-,14+,17-;;;/m1.../s1. The van der Waals surface area contributed by atoms with E-state index in [0.29, 0.717) is 15.6 Å². The summed E-state index contributed by atoms with van der Waals surface area (Å²) in [5.41, 5.74) is 0.645. The Morgan fingerprint density at radius 3 is 2.44 bits per heavy atom. The second-order valence-electron chi connectivity index (χ2n) is 7.61. The number of hydrogen-bond donors (Lipinski definition) is 2. The number of thioether (sulfide) groups is 1. The van der Waals surface area contributed by atoms with Gasteiger partial charge >= 0.3 is 35.5 Å². The second-order valence-corrected chi connectivity index (χ2v) is 10.2. The average molecular weight is 512 g/mol. The van der Waals surface area contributed by atoms with Crippen LogP contribution in [0, 0.1) is 6.92 Å². The Balaban J connectivity index is 0.00000181. The van der Waals surface area contributed by atoms with E-state index in [1.165, 1.54) is 16.7 Å². The fraction of sp³-hybridized carbons (Fsp3) is 0.368. The fourth-order valence-electron chi connectivity index (χ4n) is 3.89. The van der Waals surface area contributed by atoms with Crippen molar-refractivity contribution in [3.05, 3.63) is 39.6 Å². The van der Waals surface area contributed by atoms with Gasteiger partial charge in [-0.25, -0.2) is 4.79 Å². The van der Waals surface area contributed by atoms with Crippen LogP contribution in [0.25, 0.3) is 11.3 Å². The number of carbonyl (C=O) groups excluding carboxylic acids is 2. The van der Waals surface area contributed by atoms with Crippen molar-refractivity contribution in [2.75, 3.05) is 0 Å². The van der Waals surface area contributed by atoms with Gasteiger partial charge in [-0.05, 0) is 32.9 Å². The molecule has 0 unspecified atom stereocenters. The van der Waals surface area contributed by atoms with Gasteiger partial charge in [0.15, 0.2) is 0 Å². The van der Waals surface area contributed by atoms with Crippen LogP contribution in [0.3, 0.4) is 0 Å². The zero-order chi connectivity index (χ0) is 22.0. The van der Waals surface area contributed by atoms with E-state index < -0.39 is 40.0 Å². The molecule has 0 radical (unpaired) electrons. The van der Waals surface area contributed by atoms with E-state index in [1.807, 2.05) is 0 Å². The van der Waals surface area contributed by atoms with Crippen molar-refractivity contribution in [3.63, 3.8) is 0 Å². The molecule has 0 bridgehead atoms. The summed E-state index contributed by atoms with van der Waals surface area (Å²) in [7, 11) is 0. The van der Waals surface area contributed by atoms with Crippen molar-refractivity contribution in [2.24, 2.45) is 0 Å². The van der Waals surface area contributed by atoms with Crippen molar-refractivity contribution in [2.45, 2.75) is 43.0 Å². The number of fused-ring (bicyclic) bond motifs is 1. The van der Waals surface area contributed by atoms with Crippen molar-refractivity contribution >= 4 is 82.3 Å². The van der Waals surface area contributed by atoms with Crippen LogP contribution < -0.4 is 5.32 Å². The molecule has 3 atom stereocenters. The number of carbonyl (C=O) groups is 3. The third-order valence-corrected chi connectivity index (χ3v) is 7.45. The Morgan fingerprint density at radius 1 is 1.28 bits per heavy atom. The number of β-lactam (4-membered cyclic amide) rings is 1. The third kappa shape index (κ3) is 4.18. The van der Waals surface area contributed by atoms with Crippen molar-refractivity contribution in [3.8, 4) is 11.3 Å². The van der Waals surface area contributed by atoms with Crippen LogP contribution in [0.5, 0.6) is 0 Å². The predicted octanol–water partition coefficient (Wildman–Crippen LogP) is 1.73. The number of carboxylic acid groups (broad SMARTS) is 1. The summed E-state index contributed by atoms with van der Waals surface area (Å²) in [6.45, 7) is 5.10. The van der Waals surface area contributed by atoms with Crippen LogP contribution in [0.2, 0.25) is 10.0 Å². The van der Waals surface area contributed by atoms with Gasteiger partial charge in [0.25, 0.3) is 5.91 Å². The number of aromatic nitrogens is 1. The average Bonchev–Trinajstić information content (AvgIpc) is 3.14. The number of benzene rings is 1. The molecule has 2 saturated heterocycles. The quantitative estimate of drug-likeness (QED) is 0.469. The zero-order valence-corrected chi connectivity index (χ0v) is 18.9. The molecule has 9 nitrogen and oxygen atoms in total. The number of nitrogens with zero attached hydrogens (tertiary/aromatic N) is 2. The molecule has 1 aromatic heterocycles. The summed E-state index contributed by atoms with van der Waals surface area (Å²) in [6.07, 6.45) is 0. The summed E-state index contributed by atoms with van der Waals surface area (Å²) in [4.78, 5) is 38.7. The summed E-state index contributed by atoms with van der Waals surface area (Å²) < 4.78 is 4.52. The molecule has 13 heteroatoms. The maximum atomic E-state index is 13.1. The topological polar surface area (TPSA) is 144 Å². The van der Waals surface area contributed by atoms with Gasteiger partial charge in [0, 0.05) is 10.3 Å². The number of halogens is 2. The number of aryl methyl sites for hydroxylation is 1. The summed E-state index contributed by atoms with van der Waals surface area (Å²) in [5, 5.41) is 16.3. The number of amides is 2. The first-order chi connectivity index (χ1) is 14.0. The Labute approximate surface area is 219 Å². The zero-order valence-electron chi connectivity index (χ0n) is 16.6. The maximum absolute atomic E-state index is 13.1. The summed E-state index contributed by atoms with van der Waals surface area (Å²) in [6, 6.07) is 3.09. The van der Waals surface area contributed by atoms with Crippen molar-refractivity contribution < 1.29 is 29.5 Å². The van der Waals surface area contributed by atoms with Crippen LogP contribution in [-0.4, -0.2) is 90.2 Å². The molecule has 2 aliphatic rings. The van der Waals surface area contributed by atoms with Gasteiger partial charge in [0.05, 0.1) is 10.0 Å². The van der Waals surface area contributed by atoms with Crippen LogP contribution in [0.1, 0.15) is 30.0 Å². The van der Waals surface area contributed by atoms with Gasteiger partial charge in [-0.1, -0.05) is 34.4 Å². The van der Waals surface area contributed by atoms with Gasteiger partial charge in [-0.2, -0.15) is 0 Å². The monoisotopic (exact) mass is 511 g/mol. The molecule has 2 aromatic rings. The molecule has 2 amide bonds. The molecule has 0 saturated carbocycles. The third-order valence-electron chi connectivity index (χ3n) is 5.25. The molecular formula is C19H20Cl2N3NaO6S. The van der Waals surface area contributed by atoms with E-state index in [1.54, 1.807) is 39.0 Å². The van der Waals surface area contributed by atoms with E-state index in [2.05, 4.69) is 10.5 Å². The van der Waals surface area contributed by atoms with Crippen molar-refractivity contribution in [1.29, 1.82) is 0 Å². The molecule has 0 aliphatic carbocycles. The normalized spacial score (nSPS) is 22.8. The van der Waals surface area contributed by atoms with Gasteiger partial charge in [0.2, 0.25) is 5.91 Å². The minimum atomic E-state index is -1.07. The molecule has 4 N–H and O–H groups in total. The summed E-state index contributed by atoms with van der Waals surface area (Å²) >= 11 is 13.8. The van der Waals surface area contributed by atoms with Crippen LogP contribution in [0.15, 0.2) is 22.7 Å². The Hall–Kier alpha value is -1.27. The fourth-order valence-corrected chi connectivity index (χ4v) is 6.09. The van der Waals surface area contributed by atoms with Crippen molar-refractivity contribution in [1.82, 2.24) is 15.4 Å². The van der Waals surface area contributed by atoms with Gasteiger partial charge in [-0.3, -0.25) is 9.59 Å². The number of hydrogen-bond acceptors (Lipinski definition) is 6. The molecule has 4 rings (SSSR count). The molecule has 2 fully saturated rings. The molecule has 0 spiro atoms. The molecule has 32 heavy (non-hydrogen) atoms. The van der Waals surface area contributed by atoms with E-state index in [9.17, 15) is 19.5 Å². The molecular weight excluding hydrogens is 492 g/mol. The minimum absolute atomic E-state index is 0. The first-order valence-electron chi connectivity index (χ1n) is 8.99. The first-order valence-corrected chi connectivity index (χ1v) is 10.6. The number of rotatable bonds is 4. The van der Waals surface area contributed by atoms with Crippen LogP contribution >= 0.6 is 35.0 Å². The predicted molar refractivity (Wildman–Crippen MR) is 122 cm³/mol. The van der Waals surface area contributed by atoms with Gasteiger partial charge < -0.3 is 25.3 Å². The second kappa shape index (κ2) is 9.54. The van der Waals surface area contributed by atoms with Crippen LogP contribution in [0.4, 0.5) is 0 Å². The van der Waals surface area contributed by atoms with Crippen LogP contribution in [-0.2, 0) is 9.59 Å². The number of carboxylic acids is 1.